The summed E-state index contributed by atoms with van der Waals surface area (Å²) in [7, 11) is 0. The van der Waals surface area contributed by atoms with Crippen molar-refractivity contribution in [2.45, 2.75) is 45.2 Å². The number of fused-ring (bicyclic) bond motifs is 2. The topological polar surface area (TPSA) is 116 Å². The molecule has 8 nitrogen and oxygen atoms in total. The lowest BCUT2D eigenvalue weighted by Gasteiger charge is -2.23. The normalized spacial score (nSPS) is 17.6. The van der Waals surface area contributed by atoms with Crippen molar-refractivity contribution in [1.29, 1.82) is 0 Å². The fourth-order valence-corrected chi connectivity index (χ4v) is 3.87. The van der Waals surface area contributed by atoms with Crippen LogP contribution in [0.25, 0.3) is 11.0 Å². The summed E-state index contributed by atoms with van der Waals surface area (Å²) < 4.78 is 0. The van der Waals surface area contributed by atoms with Crippen LogP contribution in [0.5, 0.6) is 0 Å². The van der Waals surface area contributed by atoms with Gasteiger partial charge in [-0.1, -0.05) is 44.5 Å². The van der Waals surface area contributed by atoms with Crippen LogP contribution in [0.3, 0.4) is 0 Å². The van der Waals surface area contributed by atoms with Crippen molar-refractivity contribution >= 4 is 34.4 Å². The fraction of sp³-hybridized carbons (Fsp3) is 0.333. The lowest BCUT2D eigenvalue weighted by atomic mass is 9.98. The molecule has 8 heteroatoms. The second-order valence-electron chi connectivity index (χ2n) is 8.17. The quantitative estimate of drug-likeness (QED) is 0.457. The maximum Gasteiger partial charge on any atom is 0.254 e. The summed E-state index contributed by atoms with van der Waals surface area (Å²) in [6.07, 6.45) is 1.16. The molecule has 0 saturated carbocycles. The van der Waals surface area contributed by atoms with Crippen molar-refractivity contribution in [1.82, 2.24) is 20.6 Å². The molecular formula is C24H27N5O3. The number of rotatable bonds is 7. The molecule has 3 amide bonds. The van der Waals surface area contributed by atoms with Gasteiger partial charge in [-0.25, -0.2) is 4.98 Å². The van der Waals surface area contributed by atoms with Crippen LogP contribution in [0.4, 0.5) is 5.69 Å². The number of amides is 3. The van der Waals surface area contributed by atoms with Crippen LogP contribution in [0.1, 0.15) is 55.3 Å². The number of imidazole rings is 1. The van der Waals surface area contributed by atoms with Gasteiger partial charge in [-0.3, -0.25) is 14.4 Å². The van der Waals surface area contributed by atoms with E-state index in [4.69, 9.17) is 0 Å². The minimum absolute atomic E-state index is 0.0991. The zero-order valence-corrected chi connectivity index (χ0v) is 18.1. The molecule has 2 heterocycles. The van der Waals surface area contributed by atoms with Gasteiger partial charge in [0.15, 0.2) is 0 Å². The largest absolute Gasteiger partial charge is 0.346 e. The van der Waals surface area contributed by atoms with E-state index >= 15 is 0 Å². The number of hydrogen-bond donors (Lipinski definition) is 4. The number of nitrogens with zero attached hydrogens (tertiary/aromatic N) is 1. The van der Waals surface area contributed by atoms with Crippen LogP contribution in [-0.2, 0) is 9.59 Å². The third-order valence-electron chi connectivity index (χ3n) is 5.94. The Morgan fingerprint density at radius 1 is 1.12 bits per heavy atom. The summed E-state index contributed by atoms with van der Waals surface area (Å²) in [4.78, 5) is 45.8. The molecule has 0 bridgehead atoms. The number of carbonyl (C=O) groups is 3. The van der Waals surface area contributed by atoms with Crippen molar-refractivity contribution in [3.63, 3.8) is 0 Å². The van der Waals surface area contributed by atoms with E-state index in [1.165, 1.54) is 0 Å². The Balaban J connectivity index is 1.42. The number of nitrogens with one attached hydrogen (secondary N) is 4. The Labute approximate surface area is 186 Å². The SMILES string of the molecule is CC[C@H](C)[C@H](NC(=O)CC[C@H]1NC(=O)c2ccccc2NC1=O)c1nc2ccccc2[nH]1. The van der Waals surface area contributed by atoms with Crippen molar-refractivity contribution < 1.29 is 14.4 Å². The van der Waals surface area contributed by atoms with Crippen LogP contribution in [0.2, 0.25) is 0 Å². The van der Waals surface area contributed by atoms with E-state index in [2.05, 4.69) is 39.8 Å². The number of H-pyrrole nitrogens is 1. The van der Waals surface area contributed by atoms with E-state index in [1.807, 2.05) is 24.3 Å². The lowest BCUT2D eigenvalue weighted by Crippen LogP contribution is -2.42. The van der Waals surface area contributed by atoms with E-state index in [9.17, 15) is 14.4 Å². The highest BCUT2D eigenvalue weighted by molar-refractivity contribution is 6.09. The number of aromatic amines is 1. The molecule has 1 aliphatic heterocycles. The number of para-hydroxylation sites is 3. The van der Waals surface area contributed by atoms with E-state index < -0.39 is 6.04 Å². The Kier molecular flexibility index (Phi) is 6.20. The highest BCUT2D eigenvalue weighted by Gasteiger charge is 2.29. The van der Waals surface area contributed by atoms with Gasteiger partial charge in [0.1, 0.15) is 11.9 Å². The summed E-state index contributed by atoms with van der Waals surface area (Å²) in [5.41, 5.74) is 2.66. The summed E-state index contributed by atoms with van der Waals surface area (Å²) in [5, 5.41) is 8.56. The maximum absolute atomic E-state index is 12.8. The molecule has 2 aromatic carbocycles. The predicted molar refractivity (Wildman–Crippen MR) is 122 cm³/mol. The third-order valence-corrected chi connectivity index (χ3v) is 5.94. The molecule has 1 aliphatic rings. The molecule has 4 rings (SSSR count). The second kappa shape index (κ2) is 9.21. The average Bonchev–Trinajstić information content (AvgIpc) is 3.18. The van der Waals surface area contributed by atoms with Gasteiger partial charge < -0.3 is 20.9 Å². The van der Waals surface area contributed by atoms with Gasteiger partial charge in [-0.2, -0.15) is 0 Å². The number of aromatic nitrogens is 2. The number of anilines is 1. The first kappa shape index (κ1) is 21.5. The van der Waals surface area contributed by atoms with Crippen LogP contribution in [0, 0.1) is 5.92 Å². The molecule has 166 valence electrons. The van der Waals surface area contributed by atoms with E-state index in [0.29, 0.717) is 17.1 Å². The Hall–Kier alpha value is -3.68. The molecule has 3 atom stereocenters. The summed E-state index contributed by atoms with van der Waals surface area (Å²) in [6, 6.07) is 13.5. The molecule has 0 radical (unpaired) electrons. The van der Waals surface area contributed by atoms with Gasteiger partial charge in [0, 0.05) is 6.42 Å². The summed E-state index contributed by atoms with van der Waals surface area (Å²) >= 11 is 0. The standard InChI is InChI=1S/C24H27N5O3/c1-3-14(2)21(22-25-17-10-6-7-11-18(17)26-22)29-20(30)13-12-19-24(32)27-16-9-5-4-8-15(16)23(31)28-19/h4-11,14,19,21H,3,12-13H2,1-2H3,(H,25,26)(H,27,32)(H,28,31)(H,29,30)/t14-,19+,21-/m0/s1. The monoisotopic (exact) mass is 433 g/mol. The molecule has 32 heavy (non-hydrogen) atoms. The Morgan fingerprint density at radius 3 is 2.66 bits per heavy atom. The molecule has 0 saturated heterocycles. The Bertz CT molecular complexity index is 1120. The van der Waals surface area contributed by atoms with Crippen molar-refractivity contribution in [2.24, 2.45) is 5.92 Å². The lowest BCUT2D eigenvalue weighted by molar-refractivity contribution is -0.123. The predicted octanol–water partition coefficient (Wildman–Crippen LogP) is 3.30. The zero-order valence-electron chi connectivity index (χ0n) is 18.1. The zero-order chi connectivity index (χ0) is 22.7. The summed E-state index contributed by atoms with van der Waals surface area (Å²) in [5.74, 6) is 0.0234. The van der Waals surface area contributed by atoms with Gasteiger partial charge in [0.25, 0.3) is 5.91 Å². The van der Waals surface area contributed by atoms with E-state index in [0.717, 1.165) is 17.5 Å². The molecule has 0 aliphatic carbocycles. The van der Waals surface area contributed by atoms with Crippen LogP contribution >= 0.6 is 0 Å². The van der Waals surface area contributed by atoms with Gasteiger partial charge in [-0.05, 0) is 36.6 Å². The number of benzene rings is 2. The Morgan fingerprint density at radius 2 is 1.88 bits per heavy atom. The van der Waals surface area contributed by atoms with E-state index in [1.54, 1.807) is 24.3 Å². The molecule has 4 N–H and O–H groups in total. The molecule has 0 unspecified atom stereocenters. The van der Waals surface area contributed by atoms with Crippen molar-refractivity contribution in [2.75, 3.05) is 5.32 Å². The molecular weight excluding hydrogens is 406 g/mol. The molecule has 1 aromatic heterocycles. The number of carbonyl (C=O) groups excluding carboxylic acids is 3. The van der Waals surface area contributed by atoms with Gasteiger partial charge in [0.05, 0.1) is 28.3 Å². The third kappa shape index (κ3) is 4.49. The average molecular weight is 434 g/mol. The van der Waals surface area contributed by atoms with Gasteiger partial charge >= 0.3 is 0 Å². The van der Waals surface area contributed by atoms with Crippen LogP contribution in [0.15, 0.2) is 48.5 Å². The first-order chi connectivity index (χ1) is 15.5. The van der Waals surface area contributed by atoms with Gasteiger partial charge in [0.2, 0.25) is 11.8 Å². The first-order valence-electron chi connectivity index (χ1n) is 10.9. The highest BCUT2D eigenvalue weighted by atomic mass is 16.2. The highest BCUT2D eigenvalue weighted by Crippen LogP contribution is 2.25. The minimum atomic E-state index is -0.783. The number of hydrogen-bond acceptors (Lipinski definition) is 4. The minimum Gasteiger partial charge on any atom is -0.346 e. The van der Waals surface area contributed by atoms with Crippen molar-refractivity contribution in [3.05, 3.63) is 59.9 Å². The second-order valence-corrected chi connectivity index (χ2v) is 8.17. The van der Waals surface area contributed by atoms with Crippen LogP contribution < -0.4 is 16.0 Å². The van der Waals surface area contributed by atoms with Gasteiger partial charge in [-0.15, -0.1) is 0 Å². The molecule has 0 spiro atoms. The molecule has 3 aromatic rings. The maximum atomic E-state index is 12.8. The van der Waals surface area contributed by atoms with Crippen LogP contribution in [-0.4, -0.2) is 33.7 Å². The summed E-state index contributed by atoms with van der Waals surface area (Å²) in [6.45, 7) is 4.13. The first-order valence-corrected chi connectivity index (χ1v) is 10.9. The van der Waals surface area contributed by atoms with E-state index in [-0.39, 0.29) is 42.5 Å². The van der Waals surface area contributed by atoms with Crippen molar-refractivity contribution in [3.8, 4) is 0 Å². The molecule has 0 fully saturated rings. The fourth-order valence-electron chi connectivity index (χ4n) is 3.87. The smallest absolute Gasteiger partial charge is 0.254 e.